The van der Waals surface area contributed by atoms with Crippen molar-refractivity contribution in [2.75, 3.05) is 6.61 Å². The molecule has 1 aromatic heterocycles. The van der Waals surface area contributed by atoms with Crippen molar-refractivity contribution < 1.29 is 4.74 Å². The molecule has 1 heterocycles. The van der Waals surface area contributed by atoms with E-state index in [1.54, 1.807) is 6.07 Å². The molecule has 1 fully saturated rings. The number of halogens is 1. The lowest BCUT2D eigenvalue weighted by atomic mass is 10.1. The lowest BCUT2D eigenvalue weighted by Crippen LogP contribution is -2.16. The molecule has 1 aromatic carbocycles. The number of H-pyrrole nitrogens is 1. The van der Waals surface area contributed by atoms with Gasteiger partial charge in [0.15, 0.2) is 0 Å². The minimum absolute atomic E-state index is 0.0486. The summed E-state index contributed by atoms with van der Waals surface area (Å²) in [5.41, 5.74) is 1.47. The number of pyridine rings is 1. The van der Waals surface area contributed by atoms with Gasteiger partial charge in [0.2, 0.25) is 0 Å². The maximum absolute atomic E-state index is 12.2. The molecule has 1 N–H and O–H groups in total. The smallest absolute Gasteiger partial charge is 0.255 e. The number of fused-ring (bicyclic) bond motifs is 1. The second-order valence-electron chi connectivity index (χ2n) is 5.46. The first-order chi connectivity index (χ1) is 9.69. The van der Waals surface area contributed by atoms with Crippen LogP contribution in [-0.2, 0) is 6.42 Å². The number of hydrogen-bond acceptors (Lipinski definition) is 2. The second-order valence-corrected chi connectivity index (χ2v) is 5.89. The Kier molecular flexibility index (Phi) is 3.70. The molecule has 3 rings (SSSR count). The lowest BCUT2D eigenvalue weighted by Gasteiger charge is -2.13. The molecule has 0 bridgehead atoms. The number of benzene rings is 1. The van der Waals surface area contributed by atoms with Crippen molar-refractivity contribution in [1.29, 1.82) is 0 Å². The fraction of sp³-hybridized carbons (Fsp3) is 0.438. The number of aromatic amines is 1. The van der Waals surface area contributed by atoms with Crippen LogP contribution in [0, 0.1) is 5.92 Å². The molecular weight excluding hydrogens is 274 g/mol. The van der Waals surface area contributed by atoms with Gasteiger partial charge in [-0.05, 0) is 43.4 Å². The summed E-state index contributed by atoms with van der Waals surface area (Å²) < 4.78 is 5.98. The van der Waals surface area contributed by atoms with Gasteiger partial charge in [0.1, 0.15) is 5.75 Å². The zero-order chi connectivity index (χ0) is 14.1. The third-order valence-corrected chi connectivity index (χ3v) is 3.92. The first-order valence-corrected chi connectivity index (χ1v) is 7.54. The van der Waals surface area contributed by atoms with Crippen LogP contribution >= 0.6 is 11.6 Å². The van der Waals surface area contributed by atoms with Crippen LogP contribution < -0.4 is 10.3 Å². The van der Waals surface area contributed by atoms with E-state index in [0.29, 0.717) is 17.5 Å². The Bertz CT molecular complexity index is 689. The SMILES string of the molecule is CCCc1c(OCC2CC2)c2cc(Cl)ccc2[nH]c1=O. The number of ether oxygens (including phenoxy) is 1. The van der Waals surface area contributed by atoms with Gasteiger partial charge in [-0.25, -0.2) is 0 Å². The van der Waals surface area contributed by atoms with Crippen molar-refractivity contribution >= 4 is 22.5 Å². The van der Waals surface area contributed by atoms with E-state index >= 15 is 0 Å². The Balaban J connectivity index is 2.13. The van der Waals surface area contributed by atoms with Gasteiger partial charge >= 0.3 is 0 Å². The molecular formula is C16H18ClNO2. The van der Waals surface area contributed by atoms with E-state index in [-0.39, 0.29) is 5.56 Å². The fourth-order valence-corrected chi connectivity index (χ4v) is 2.58. The minimum atomic E-state index is -0.0486. The summed E-state index contributed by atoms with van der Waals surface area (Å²) >= 11 is 6.09. The van der Waals surface area contributed by atoms with Crippen molar-refractivity contribution in [3.63, 3.8) is 0 Å². The Morgan fingerprint density at radius 2 is 2.20 bits per heavy atom. The molecule has 0 aliphatic heterocycles. The minimum Gasteiger partial charge on any atom is -0.492 e. The average Bonchev–Trinajstić information content (AvgIpc) is 3.23. The summed E-state index contributed by atoms with van der Waals surface area (Å²) in [6, 6.07) is 5.48. The zero-order valence-corrected chi connectivity index (χ0v) is 12.3. The predicted molar refractivity (Wildman–Crippen MR) is 81.8 cm³/mol. The molecule has 0 atom stereocenters. The normalized spacial score (nSPS) is 14.7. The Morgan fingerprint density at radius 1 is 1.40 bits per heavy atom. The zero-order valence-electron chi connectivity index (χ0n) is 11.5. The molecule has 106 valence electrons. The van der Waals surface area contributed by atoms with Gasteiger partial charge in [-0.2, -0.15) is 0 Å². The van der Waals surface area contributed by atoms with Gasteiger partial charge in [-0.3, -0.25) is 4.79 Å². The van der Waals surface area contributed by atoms with E-state index in [1.807, 2.05) is 12.1 Å². The van der Waals surface area contributed by atoms with E-state index in [1.165, 1.54) is 12.8 Å². The third kappa shape index (κ3) is 2.68. The summed E-state index contributed by atoms with van der Waals surface area (Å²) in [5.74, 6) is 1.37. The lowest BCUT2D eigenvalue weighted by molar-refractivity contribution is 0.299. The molecule has 0 unspecified atom stereocenters. The largest absolute Gasteiger partial charge is 0.492 e. The molecule has 0 amide bonds. The number of aromatic nitrogens is 1. The molecule has 4 heteroatoms. The number of nitrogens with one attached hydrogen (secondary N) is 1. The van der Waals surface area contributed by atoms with Crippen LogP contribution in [0.3, 0.4) is 0 Å². The van der Waals surface area contributed by atoms with Gasteiger partial charge in [-0.15, -0.1) is 0 Å². The average molecular weight is 292 g/mol. The number of rotatable bonds is 5. The molecule has 1 aliphatic rings. The summed E-state index contributed by atoms with van der Waals surface area (Å²) in [6.45, 7) is 2.76. The Hall–Kier alpha value is -1.48. The molecule has 3 nitrogen and oxygen atoms in total. The van der Waals surface area contributed by atoms with Crippen LogP contribution in [0.1, 0.15) is 31.7 Å². The highest BCUT2D eigenvalue weighted by molar-refractivity contribution is 6.31. The van der Waals surface area contributed by atoms with E-state index in [4.69, 9.17) is 16.3 Å². The molecule has 1 aliphatic carbocycles. The topological polar surface area (TPSA) is 42.1 Å². The van der Waals surface area contributed by atoms with Crippen LogP contribution in [0.5, 0.6) is 5.75 Å². The van der Waals surface area contributed by atoms with Crippen molar-refractivity contribution in [1.82, 2.24) is 4.98 Å². The summed E-state index contributed by atoms with van der Waals surface area (Å²) in [7, 11) is 0. The Labute approximate surface area is 122 Å². The van der Waals surface area contributed by atoms with Crippen molar-refractivity contribution in [2.24, 2.45) is 5.92 Å². The van der Waals surface area contributed by atoms with E-state index in [0.717, 1.165) is 35.1 Å². The van der Waals surface area contributed by atoms with E-state index in [9.17, 15) is 4.79 Å². The van der Waals surface area contributed by atoms with Crippen LogP contribution in [-0.4, -0.2) is 11.6 Å². The second kappa shape index (κ2) is 5.49. The standard InChI is InChI=1S/C16H18ClNO2/c1-2-3-12-15(20-9-10-4-5-10)13-8-11(17)6-7-14(13)18-16(12)19/h6-8,10H,2-5,9H2,1H3,(H,18,19). The maximum Gasteiger partial charge on any atom is 0.255 e. The van der Waals surface area contributed by atoms with Crippen molar-refractivity contribution in [2.45, 2.75) is 32.6 Å². The molecule has 0 radical (unpaired) electrons. The van der Waals surface area contributed by atoms with E-state index in [2.05, 4.69) is 11.9 Å². The van der Waals surface area contributed by atoms with Crippen LogP contribution in [0.2, 0.25) is 5.02 Å². The van der Waals surface area contributed by atoms with Crippen LogP contribution in [0.25, 0.3) is 10.9 Å². The van der Waals surface area contributed by atoms with Crippen molar-refractivity contribution in [3.05, 3.63) is 39.1 Å². The molecule has 0 saturated heterocycles. The first kappa shape index (κ1) is 13.5. The molecule has 20 heavy (non-hydrogen) atoms. The van der Waals surface area contributed by atoms with Gasteiger partial charge in [0, 0.05) is 10.4 Å². The van der Waals surface area contributed by atoms with Crippen molar-refractivity contribution in [3.8, 4) is 5.75 Å². The molecule has 0 spiro atoms. The fourth-order valence-electron chi connectivity index (χ4n) is 2.40. The quantitative estimate of drug-likeness (QED) is 0.907. The highest BCUT2D eigenvalue weighted by atomic mass is 35.5. The monoisotopic (exact) mass is 291 g/mol. The maximum atomic E-state index is 12.2. The summed E-state index contributed by atoms with van der Waals surface area (Å²) in [4.78, 5) is 15.1. The molecule has 1 saturated carbocycles. The third-order valence-electron chi connectivity index (χ3n) is 3.68. The first-order valence-electron chi connectivity index (χ1n) is 7.16. The number of hydrogen-bond donors (Lipinski definition) is 1. The van der Waals surface area contributed by atoms with Gasteiger partial charge < -0.3 is 9.72 Å². The van der Waals surface area contributed by atoms with Crippen LogP contribution in [0.4, 0.5) is 0 Å². The highest BCUT2D eigenvalue weighted by Crippen LogP contribution is 2.33. The van der Waals surface area contributed by atoms with Gasteiger partial charge in [0.25, 0.3) is 5.56 Å². The predicted octanol–water partition coefficient (Wildman–Crippen LogP) is 3.92. The van der Waals surface area contributed by atoms with Gasteiger partial charge in [0.05, 0.1) is 17.7 Å². The van der Waals surface area contributed by atoms with E-state index < -0.39 is 0 Å². The molecule has 2 aromatic rings. The summed E-state index contributed by atoms with van der Waals surface area (Å²) in [5, 5.41) is 1.56. The van der Waals surface area contributed by atoms with Crippen LogP contribution in [0.15, 0.2) is 23.0 Å². The highest BCUT2D eigenvalue weighted by Gasteiger charge is 2.23. The van der Waals surface area contributed by atoms with Gasteiger partial charge in [-0.1, -0.05) is 24.9 Å². The summed E-state index contributed by atoms with van der Waals surface area (Å²) in [6.07, 6.45) is 4.09. The Morgan fingerprint density at radius 3 is 2.90 bits per heavy atom.